The Kier molecular flexibility index (Phi) is 1.76. The molecule has 0 aromatic heterocycles. The van der Waals surface area contributed by atoms with Crippen LogP contribution in [0.15, 0.2) is 4.99 Å². The van der Waals surface area contributed by atoms with Crippen LogP contribution in [0.1, 0.15) is 0 Å². The molecule has 1 saturated heterocycles. The topological polar surface area (TPSA) is 62.1 Å². The van der Waals surface area contributed by atoms with Crippen LogP contribution in [0.4, 0.5) is 0 Å². The number of carboxylic acids is 1. The van der Waals surface area contributed by atoms with Gasteiger partial charge in [-0.2, -0.15) is 0 Å². The fraction of sp³-hybridized carbons (Fsp3) is 0.750. The van der Waals surface area contributed by atoms with Crippen molar-refractivity contribution in [3.05, 3.63) is 0 Å². The molecule has 0 bridgehead atoms. The maximum Gasteiger partial charge on any atom is 0.322 e. The second kappa shape index (κ2) is 2.70. The van der Waals surface area contributed by atoms with Crippen molar-refractivity contribution in [3.63, 3.8) is 0 Å². The van der Waals surface area contributed by atoms with Crippen LogP contribution < -0.4 is 0 Å². The van der Waals surface area contributed by atoms with E-state index in [1.54, 1.807) is 0 Å². The van der Waals surface area contributed by atoms with E-state index in [0.717, 1.165) is 6.54 Å². The number of aliphatic imine (C=N–C) groups is 1. The first-order valence-corrected chi connectivity index (χ1v) is 4.24. The van der Waals surface area contributed by atoms with Crippen LogP contribution in [0.5, 0.6) is 0 Å². The third-order valence-corrected chi connectivity index (χ3v) is 2.59. The lowest BCUT2D eigenvalue weighted by Gasteiger charge is -2.39. The molecule has 1 N–H and O–H groups in total. The van der Waals surface area contributed by atoms with E-state index in [2.05, 4.69) is 4.99 Å². The number of amidine groups is 1. The zero-order chi connectivity index (χ0) is 9.47. The van der Waals surface area contributed by atoms with E-state index in [0.29, 0.717) is 12.4 Å². The SMILES string of the molecule is CN1CCN=C1C1(C(=O)O)COC1. The van der Waals surface area contributed by atoms with E-state index in [1.807, 2.05) is 11.9 Å². The van der Waals surface area contributed by atoms with Gasteiger partial charge in [0.2, 0.25) is 0 Å². The lowest BCUT2D eigenvalue weighted by molar-refractivity contribution is -0.166. The Bertz CT molecular complexity index is 271. The molecule has 0 spiro atoms. The second-order valence-electron chi connectivity index (χ2n) is 3.51. The van der Waals surface area contributed by atoms with E-state index >= 15 is 0 Å². The van der Waals surface area contributed by atoms with Gasteiger partial charge in [0.1, 0.15) is 5.84 Å². The largest absolute Gasteiger partial charge is 0.480 e. The number of carbonyl (C=O) groups is 1. The summed E-state index contributed by atoms with van der Waals surface area (Å²) in [5.41, 5.74) is -0.856. The van der Waals surface area contributed by atoms with Gasteiger partial charge in [-0.1, -0.05) is 0 Å². The monoisotopic (exact) mass is 184 g/mol. The Morgan fingerprint density at radius 2 is 2.38 bits per heavy atom. The highest BCUT2D eigenvalue weighted by atomic mass is 16.5. The average Bonchev–Trinajstić information content (AvgIpc) is 2.34. The lowest BCUT2D eigenvalue weighted by Crippen LogP contribution is -2.58. The van der Waals surface area contributed by atoms with E-state index in [-0.39, 0.29) is 13.2 Å². The van der Waals surface area contributed by atoms with Crippen molar-refractivity contribution >= 4 is 11.8 Å². The number of aliphatic carboxylic acids is 1. The summed E-state index contributed by atoms with van der Waals surface area (Å²) in [4.78, 5) is 17.2. The van der Waals surface area contributed by atoms with Crippen molar-refractivity contribution in [3.8, 4) is 0 Å². The summed E-state index contributed by atoms with van der Waals surface area (Å²) in [7, 11) is 1.87. The van der Waals surface area contributed by atoms with Crippen LogP contribution in [-0.2, 0) is 9.53 Å². The summed E-state index contributed by atoms with van der Waals surface area (Å²) >= 11 is 0. The van der Waals surface area contributed by atoms with Gasteiger partial charge < -0.3 is 14.7 Å². The maximum atomic E-state index is 11.0. The number of carboxylic acid groups (broad SMARTS) is 1. The van der Waals surface area contributed by atoms with E-state index in [4.69, 9.17) is 9.84 Å². The zero-order valence-corrected chi connectivity index (χ0v) is 7.49. The van der Waals surface area contributed by atoms with Crippen LogP contribution in [0.25, 0.3) is 0 Å². The number of ether oxygens (including phenoxy) is 1. The summed E-state index contributed by atoms with van der Waals surface area (Å²) in [5.74, 6) is -0.155. The van der Waals surface area contributed by atoms with Crippen molar-refractivity contribution in [2.75, 3.05) is 33.4 Å². The first-order chi connectivity index (χ1) is 6.17. The van der Waals surface area contributed by atoms with Crippen molar-refractivity contribution < 1.29 is 14.6 Å². The quantitative estimate of drug-likeness (QED) is 0.624. The van der Waals surface area contributed by atoms with Gasteiger partial charge in [-0.15, -0.1) is 0 Å². The Morgan fingerprint density at radius 3 is 2.69 bits per heavy atom. The van der Waals surface area contributed by atoms with Crippen LogP contribution in [0.2, 0.25) is 0 Å². The molecule has 0 atom stereocenters. The molecule has 0 aromatic carbocycles. The van der Waals surface area contributed by atoms with Crippen LogP contribution in [-0.4, -0.2) is 55.2 Å². The summed E-state index contributed by atoms with van der Waals surface area (Å²) in [6, 6.07) is 0. The van der Waals surface area contributed by atoms with E-state index in [1.165, 1.54) is 0 Å². The molecule has 1 fully saturated rings. The number of rotatable bonds is 2. The number of nitrogens with zero attached hydrogens (tertiary/aromatic N) is 2. The molecule has 0 amide bonds. The minimum atomic E-state index is -0.856. The predicted molar refractivity (Wildman–Crippen MR) is 45.8 cm³/mol. The minimum Gasteiger partial charge on any atom is -0.480 e. The standard InChI is InChI=1S/C8H12N2O3/c1-10-3-2-9-6(10)8(7(11)12)4-13-5-8/h2-5H2,1H3,(H,11,12). The van der Waals surface area contributed by atoms with Crippen LogP contribution >= 0.6 is 0 Å². The fourth-order valence-corrected chi connectivity index (χ4v) is 1.70. The molecular weight excluding hydrogens is 172 g/mol. The van der Waals surface area contributed by atoms with E-state index in [9.17, 15) is 4.79 Å². The Balaban J connectivity index is 2.26. The minimum absolute atomic E-state index is 0.255. The number of hydrogen-bond acceptors (Lipinski definition) is 4. The van der Waals surface area contributed by atoms with Gasteiger partial charge in [0.15, 0.2) is 5.41 Å². The van der Waals surface area contributed by atoms with Gasteiger partial charge in [-0.05, 0) is 0 Å². The molecule has 2 aliphatic heterocycles. The molecule has 0 unspecified atom stereocenters. The molecule has 5 heteroatoms. The van der Waals surface area contributed by atoms with Crippen LogP contribution in [0, 0.1) is 5.41 Å². The Hall–Kier alpha value is -1.10. The van der Waals surface area contributed by atoms with Gasteiger partial charge in [0.25, 0.3) is 0 Å². The Labute approximate surface area is 76.0 Å². The molecule has 2 heterocycles. The highest BCUT2D eigenvalue weighted by Gasteiger charge is 2.53. The van der Waals surface area contributed by atoms with Crippen molar-refractivity contribution in [2.24, 2.45) is 10.4 Å². The molecule has 0 radical (unpaired) electrons. The number of likely N-dealkylation sites (N-methyl/N-ethyl adjacent to an activating group) is 1. The molecule has 5 nitrogen and oxygen atoms in total. The molecule has 0 aromatic rings. The third kappa shape index (κ3) is 1.03. The summed E-state index contributed by atoms with van der Waals surface area (Å²) in [6.45, 7) is 2.02. The summed E-state index contributed by atoms with van der Waals surface area (Å²) in [6.07, 6.45) is 0. The molecular formula is C8H12N2O3. The summed E-state index contributed by atoms with van der Waals surface area (Å²) in [5, 5.41) is 9.07. The zero-order valence-electron chi connectivity index (χ0n) is 7.49. The molecule has 72 valence electrons. The van der Waals surface area contributed by atoms with Crippen molar-refractivity contribution in [1.82, 2.24) is 4.90 Å². The normalized spacial score (nSPS) is 25.3. The summed E-state index contributed by atoms with van der Waals surface area (Å²) < 4.78 is 4.97. The van der Waals surface area contributed by atoms with Gasteiger partial charge in [-0.25, -0.2) is 0 Å². The molecule has 0 saturated carbocycles. The fourth-order valence-electron chi connectivity index (χ4n) is 1.70. The highest BCUT2D eigenvalue weighted by Crippen LogP contribution is 2.32. The molecule has 2 rings (SSSR count). The van der Waals surface area contributed by atoms with Crippen molar-refractivity contribution in [2.45, 2.75) is 0 Å². The van der Waals surface area contributed by atoms with Gasteiger partial charge in [0, 0.05) is 13.6 Å². The van der Waals surface area contributed by atoms with E-state index < -0.39 is 11.4 Å². The smallest absolute Gasteiger partial charge is 0.322 e. The molecule has 2 aliphatic rings. The third-order valence-electron chi connectivity index (χ3n) is 2.59. The van der Waals surface area contributed by atoms with Crippen molar-refractivity contribution in [1.29, 1.82) is 0 Å². The highest BCUT2D eigenvalue weighted by molar-refractivity contribution is 6.06. The maximum absolute atomic E-state index is 11.0. The molecule has 0 aliphatic carbocycles. The second-order valence-corrected chi connectivity index (χ2v) is 3.51. The first-order valence-electron chi connectivity index (χ1n) is 4.24. The van der Waals surface area contributed by atoms with Gasteiger partial charge in [-0.3, -0.25) is 9.79 Å². The van der Waals surface area contributed by atoms with Crippen LogP contribution in [0.3, 0.4) is 0 Å². The number of hydrogen-bond donors (Lipinski definition) is 1. The predicted octanol–water partition coefficient (Wildman–Crippen LogP) is -0.568. The van der Waals surface area contributed by atoms with Gasteiger partial charge in [0.05, 0.1) is 19.8 Å². The molecule has 13 heavy (non-hydrogen) atoms. The first kappa shape index (κ1) is 8.50. The Morgan fingerprint density at radius 1 is 1.69 bits per heavy atom. The van der Waals surface area contributed by atoms with Gasteiger partial charge >= 0.3 is 5.97 Å². The lowest BCUT2D eigenvalue weighted by atomic mass is 9.84. The average molecular weight is 184 g/mol.